The van der Waals surface area contributed by atoms with Crippen molar-refractivity contribution in [2.45, 2.75) is 46.3 Å². The molecule has 1 rings (SSSR count). The van der Waals surface area contributed by atoms with E-state index in [2.05, 4.69) is 5.32 Å². The number of ether oxygens (including phenoxy) is 1. The Hall–Kier alpha value is -1.42. The number of aromatic hydroxyl groups is 1. The molecule has 4 nitrogen and oxygen atoms in total. The maximum absolute atomic E-state index is 11.7. The lowest BCUT2D eigenvalue weighted by molar-refractivity contribution is 0.0507. The molecule has 0 aliphatic heterocycles. The van der Waals surface area contributed by atoms with Crippen LogP contribution in [0.5, 0.6) is 5.75 Å². The second-order valence-corrected chi connectivity index (χ2v) is 5.94. The van der Waals surface area contributed by atoms with Crippen molar-refractivity contribution in [1.82, 2.24) is 5.32 Å². The maximum atomic E-state index is 11.7. The second-order valence-electron chi connectivity index (χ2n) is 5.53. The van der Waals surface area contributed by atoms with Gasteiger partial charge < -0.3 is 15.2 Å². The Morgan fingerprint density at radius 3 is 2.53 bits per heavy atom. The van der Waals surface area contributed by atoms with Crippen LogP contribution in [-0.4, -0.2) is 16.8 Å². The van der Waals surface area contributed by atoms with E-state index in [-0.39, 0.29) is 5.75 Å². The van der Waals surface area contributed by atoms with Gasteiger partial charge in [-0.15, -0.1) is 0 Å². The van der Waals surface area contributed by atoms with E-state index in [1.54, 1.807) is 46.8 Å². The van der Waals surface area contributed by atoms with E-state index in [0.29, 0.717) is 10.6 Å². The minimum absolute atomic E-state index is 0.102. The average Bonchev–Trinajstić information content (AvgIpc) is 2.20. The number of benzene rings is 1. The Bertz CT molecular complexity index is 480. The smallest absolute Gasteiger partial charge is 0.408 e. The zero-order chi connectivity index (χ0) is 14.8. The van der Waals surface area contributed by atoms with Gasteiger partial charge in [0.25, 0.3) is 0 Å². The highest BCUT2D eigenvalue weighted by atomic mass is 35.5. The van der Waals surface area contributed by atoms with Gasteiger partial charge in [0.2, 0.25) is 0 Å². The van der Waals surface area contributed by atoms with Gasteiger partial charge in [-0.1, -0.05) is 11.6 Å². The molecule has 19 heavy (non-hydrogen) atoms. The Morgan fingerprint density at radius 1 is 1.42 bits per heavy atom. The molecular weight excluding hydrogens is 266 g/mol. The number of aryl methyl sites for hydroxylation is 1. The Balaban J connectivity index is 2.81. The SMILES string of the molecule is Cc1cc(O)c(C(C)NC(=O)OC(C)(C)C)cc1Cl. The van der Waals surface area contributed by atoms with Crippen LogP contribution in [0.2, 0.25) is 5.02 Å². The van der Waals surface area contributed by atoms with Gasteiger partial charge in [0.05, 0.1) is 6.04 Å². The van der Waals surface area contributed by atoms with Crippen LogP contribution in [-0.2, 0) is 4.74 Å². The largest absolute Gasteiger partial charge is 0.508 e. The monoisotopic (exact) mass is 285 g/mol. The Labute approximate surface area is 118 Å². The van der Waals surface area contributed by atoms with Crippen LogP contribution in [0.3, 0.4) is 0 Å². The summed E-state index contributed by atoms with van der Waals surface area (Å²) >= 11 is 6.02. The molecule has 0 radical (unpaired) electrons. The average molecular weight is 286 g/mol. The molecule has 0 spiro atoms. The predicted molar refractivity (Wildman–Crippen MR) is 75.6 cm³/mol. The van der Waals surface area contributed by atoms with E-state index < -0.39 is 17.7 Å². The van der Waals surface area contributed by atoms with Crippen LogP contribution in [0, 0.1) is 6.92 Å². The molecule has 1 aromatic rings. The van der Waals surface area contributed by atoms with Crippen LogP contribution in [0.4, 0.5) is 4.79 Å². The normalized spacial score (nSPS) is 12.9. The first-order valence-corrected chi connectivity index (χ1v) is 6.46. The first-order chi connectivity index (χ1) is 8.60. The maximum Gasteiger partial charge on any atom is 0.408 e. The fraction of sp³-hybridized carbons (Fsp3) is 0.500. The van der Waals surface area contributed by atoms with Crippen molar-refractivity contribution in [3.63, 3.8) is 0 Å². The zero-order valence-corrected chi connectivity index (χ0v) is 12.6. The lowest BCUT2D eigenvalue weighted by atomic mass is 10.1. The highest BCUT2D eigenvalue weighted by Crippen LogP contribution is 2.30. The lowest BCUT2D eigenvalue weighted by Gasteiger charge is -2.22. The van der Waals surface area contributed by atoms with E-state index >= 15 is 0 Å². The molecule has 1 aromatic carbocycles. The number of phenolic OH excluding ortho intramolecular Hbond substituents is 1. The van der Waals surface area contributed by atoms with Crippen LogP contribution in [0.25, 0.3) is 0 Å². The van der Waals surface area contributed by atoms with E-state index in [1.807, 2.05) is 0 Å². The number of phenols is 1. The van der Waals surface area contributed by atoms with Crippen molar-refractivity contribution < 1.29 is 14.6 Å². The van der Waals surface area contributed by atoms with Crippen molar-refractivity contribution in [3.8, 4) is 5.75 Å². The fourth-order valence-electron chi connectivity index (χ4n) is 1.59. The van der Waals surface area contributed by atoms with Crippen LogP contribution in [0.15, 0.2) is 12.1 Å². The molecule has 0 saturated heterocycles. The van der Waals surface area contributed by atoms with E-state index in [1.165, 1.54) is 0 Å². The van der Waals surface area contributed by atoms with Gasteiger partial charge >= 0.3 is 6.09 Å². The second kappa shape index (κ2) is 5.70. The van der Waals surface area contributed by atoms with Crippen molar-refractivity contribution in [2.75, 3.05) is 0 Å². The summed E-state index contributed by atoms with van der Waals surface area (Å²) < 4.78 is 5.16. The van der Waals surface area contributed by atoms with Crippen LogP contribution in [0.1, 0.15) is 44.9 Å². The van der Waals surface area contributed by atoms with Gasteiger partial charge in [0.15, 0.2) is 0 Å². The lowest BCUT2D eigenvalue weighted by Crippen LogP contribution is -2.34. The number of nitrogens with one attached hydrogen (secondary N) is 1. The highest BCUT2D eigenvalue weighted by Gasteiger charge is 2.20. The molecule has 0 saturated carbocycles. The summed E-state index contributed by atoms with van der Waals surface area (Å²) in [6.45, 7) is 8.93. The quantitative estimate of drug-likeness (QED) is 0.865. The summed E-state index contributed by atoms with van der Waals surface area (Å²) in [6.07, 6.45) is -0.531. The molecule has 0 heterocycles. The highest BCUT2D eigenvalue weighted by molar-refractivity contribution is 6.31. The van der Waals surface area contributed by atoms with Gasteiger partial charge in [-0.2, -0.15) is 0 Å². The predicted octanol–water partition coefficient (Wildman–Crippen LogP) is 3.94. The molecule has 5 heteroatoms. The number of hydrogen-bond donors (Lipinski definition) is 2. The molecule has 1 amide bonds. The summed E-state index contributed by atoms with van der Waals surface area (Å²) in [7, 11) is 0. The number of carbonyl (C=O) groups is 1. The summed E-state index contributed by atoms with van der Waals surface area (Å²) in [4.78, 5) is 11.7. The van der Waals surface area contributed by atoms with E-state index in [4.69, 9.17) is 16.3 Å². The number of carbonyl (C=O) groups excluding carboxylic acids is 1. The molecule has 0 fully saturated rings. The van der Waals surface area contributed by atoms with Crippen molar-refractivity contribution in [3.05, 3.63) is 28.3 Å². The van der Waals surface area contributed by atoms with Gasteiger partial charge in [-0.3, -0.25) is 0 Å². The molecule has 1 unspecified atom stereocenters. The van der Waals surface area contributed by atoms with Crippen molar-refractivity contribution in [1.29, 1.82) is 0 Å². The number of amides is 1. The Kier molecular flexibility index (Phi) is 4.69. The fourth-order valence-corrected chi connectivity index (χ4v) is 1.76. The summed E-state index contributed by atoms with van der Waals surface area (Å²) in [5.74, 6) is 0.102. The third kappa shape index (κ3) is 4.63. The summed E-state index contributed by atoms with van der Waals surface area (Å²) in [5.41, 5.74) is 0.783. The summed E-state index contributed by atoms with van der Waals surface area (Å²) in [5, 5.41) is 13.1. The number of alkyl carbamates (subject to hydrolysis) is 1. The molecule has 2 N–H and O–H groups in total. The molecule has 106 valence electrons. The zero-order valence-electron chi connectivity index (χ0n) is 11.9. The van der Waals surface area contributed by atoms with E-state index in [0.717, 1.165) is 5.56 Å². The first kappa shape index (κ1) is 15.6. The van der Waals surface area contributed by atoms with Crippen molar-refractivity contribution in [2.24, 2.45) is 0 Å². The number of rotatable bonds is 2. The van der Waals surface area contributed by atoms with Crippen molar-refractivity contribution >= 4 is 17.7 Å². The molecule has 0 aliphatic rings. The van der Waals surface area contributed by atoms with Gasteiger partial charge in [-0.05, 0) is 52.3 Å². The van der Waals surface area contributed by atoms with Crippen LogP contribution < -0.4 is 5.32 Å². The minimum Gasteiger partial charge on any atom is -0.508 e. The van der Waals surface area contributed by atoms with Crippen LogP contribution >= 0.6 is 11.6 Å². The minimum atomic E-state index is -0.559. The summed E-state index contributed by atoms with van der Waals surface area (Å²) in [6, 6.07) is 2.83. The standard InChI is InChI=1S/C14H20ClNO3/c1-8-6-12(17)10(7-11(8)15)9(2)16-13(18)19-14(3,4)5/h6-7,9,17H,1-5H3,(H,16,18). The molecule has 0 aliphatic carbocycles. The van der Waals surface area contributed by atoms with E-state index in [9.17, 15) is 9.90 Å². The molecular formula is C14H20ClNO3. The van der Waals surface area contributed by atoms with Gasteiger partial charge in [0, 0.05) is 10.6 Å². The van der Waals surface area contributed by atoms with Gasteiger partial charge in [-0.25, -0.2) is 4.79 Å². The van der Waals surface area contributed by atoms with Gasteiger partial charge in [0.1, 0.15) is 11.4 Å². The first-order valence-electron chi connectivity index (χ1n) is 6.08. The topological polar surface area (TPSA) is 58.6 Å². The molecule has 0 aromatic heterocycles. The number of hydrogen-bond acceptors (Lipinski definition) is 3. The third-order valence-electron chi connectivity index (χ3n) is 2.51. The molecule has 1 atom stereocenters. The Morgan fingerprint density at radius 2 is 2.00 bits per heavy atom. The number of halogens is 1. The third-order valence-corrected chi connectivity index (χ3v) is 2.91. The molecule has 0 bridgehead atoms.